The average molecular weight is 463 g/mol. The van der Waals surface area contributed by atoms with E-state index in [-0.39, 0.29) is 33.6 Å². The second-order valence-corrected chi connectivity index (χ2v) is 11.9. The average Bonchev–Trinajstić information content (AvgIpc) is 3.04. The van der Waals surface area contributed by atoms with Gasteiger partial charge < -0.3 is 4.42 Å². The number of rotatable bonds is 3. The van der Waals surface area contributed by atoms with E-state index in [0.29, 0.717) is 35.9 Å². The fraction of sp³-hybridized carbons (Fsp3) is 0.567. The molecule has 34 heavy (non-hydrogen) atoms. The SMILES string of the molecule is C\C(=C/C=C/C(C)=C1/C(=O)C[C@H]2[C@@]3(C)CCC(=O)C(C)(C)[C@@H]3CC[C@]12C)c1ccc(C)c(=O)o1. The zero-order valence-corrected chi connectivity index (χ0v) is 21.7. The summed E-state index contributed by atoms with van der Waals surface area (Å²) in [6.45, 7) is 14.5. The second-order valence-electron chi connectivity index (χ2n) is 11.9. The molecule has 1 aromatic heterocycles. The molecular weight excluding hydrogens is 424 g/mol. The zero-order valence-electron chi connectivity index (χ0n) is 21.7. The number of ketones is 2. The lowest BCUT2D eigenvalue weighted by Gasteiger charge is -2.60. The summed E-state index contributed by atoms with van der Waals surface area (Å²) in [7, 11) is 0. The normalized spacial score (nSPS) is 34.9. The Morgan fingerprint density at radius 3 is 2.41 bits per heavy atom. The summed E-state index contributed by atoms with van der Waals surface area (Å²) in [4.78, 5) is 37.9. The number of fused-ring (bicyclic) bond motifs is 3. The fourth-order valence-corrected chi connectivity index (χ4v) is 7.58. The Hall–Kier alpha value is -2.49. The number of hydrogen-bond acceptors (Lipinski definition) is 4. The number of Topliss-reactive ketones (excluding diaryl/α,β-unsaturated/α-hetero) is 2. The molecule has 1 heterocycles. The number of hydrogen-bond donors (Lipinski definition) is 0. The van der Waals surface area contributed by atoms with E-state index in [9.17, 15) is 14.4 Å². The van der Waals surface area contributed by atoms with Crippen LogP contribution < -0.4 is 5.63 Å². The molecule has 0 aliphatic heterocycles. The van der Waals surface area contributed by atoms with Crippen molar-refractivity contribution in [3.8, 4) is 0 Å². The van der Waals surface area contributed by atoms with Crippen molar-refractivity contribution >= 4 is 17.1 Å². The Balaban J connectivity index is 1.64. The van der Waals surface area contributed by atoms with Crippen LogP contribution in [-0.4, -0.2) is 11.6 Å². The van der Waals surface area contributed by atoms with E-state index in [1.807, 2.05) is 38.1 Å². The van der Waals surface area contributed by atoms with Gasteiger partial charge in [0, 0.05) is 34.8 Å². The third-order valence-corrected chi connectivity index (χ3v) is 9.52. The van der Waals surface area contributed by atoms with Gasteiger partial charge in [-0.25, -0.2) is 4.79 Å². The summed E-state index contributed by atoms with van der Waals surface area (Å²) in [5.74, 6) is 1.80. The molecule has 1 aromatic rings. The van der Waals surface area contributed by atoms with Crippen molar-refractivity contribution < 1.29 is 14.0 Å². The summed E-state index contributed by atoms with van der Waals surface area (Å²) < 4.78 is 5.37. The lowest BCUT2D eigenvalue weighted by molar-refractivity contribution is -0.154. The zero-order chi connectivity index (χ0) is 25.1. The monoisotopic (exact) mass is 462 g/mol. The van der Waals surface area contributed by atoms with Crippen molar-refractivity contribution in [2.75, 3.05) is 0 Å². The molecular formula is C30H38O4. The minimum atomic E-state index is -0.320. The van der Waals surface area contributed by atoms with Gasteiger partial charge in [-0.2, -0.15) is 0 Å². The van der Waals surface area contributed by atoms with Gasteiger partial charge in [-0.05, 0) is 80.6 Å². The quantitative estimate of drug-likeness (QED) is 0.374. The first kappa shape index (κ1) is 24.6. The molecule has 4 nitrogen and oxygen atoms in total. The van der Waals surface area contributed by atoms with Gasteiger partial charge in [0.15, 0.2) is 5.78 Å². The first-order valence-electron chi connectivity index (χ1n) is 12.6. The molecule has 4 rings (SSSR count). The molecule has 182 valence electrons. The molecule has 4 atom stereocenters. The molecule has 0 radical (unpaired) electrons. The summed E-state index contributed by atoms with van der Waals surface area (Å²) >= 11 is 0. The summed E-state index contributed by atoms with van der Waals surface area (Å²) in [5.41, 5.74) is 2.64. The second kappa shape index (κ2) is 8.32. The van der Waals surface area contributed by atoms with Crippen LogP contribution in [0.25, 0.3) is 5.57 Å². The number of carbonyl (C=O) groups is 2. The molecule has 0 amide bonds. The van der Waals surface area contributed by atoms with Crippen LogP contribution in [0.15, 0.2) is 50.7 Å². The van der Waals surface area contributed by atoms with Gasteiger partial charge in [-0.15, -0.1) is 0 Å². The minimum Gasteiger partial charge on any atom is -0.423 e. The number of aryl methyl sites for hydroxylation is 1. The number of carbonyl (C=O) groups excluding carboxylic acids is 2. The van der Waals surface area contributed by atoms with Crippen molar-refractivity contribution in [1.29, 1.82) is 0 Å². The molecule has 3 aliphatic rings. The van der Waals surface area contributed by atoms with E-state index in [1.54, 1.807) is 13.0 Å². The Kier molecular flexibility index (Phi) is 6.03. The van der Waals surface area contributed by atoms with Crippen LogP contribution in [0.1, 0.15) is 85.0 Å². The van der Waals surface area contributed by atoms with Crippen LogP contribution in [-0.2, 0) is 9.59 Å². The van der Waals surface area contributed by atoms with E-state index in [0.717, 1.165) is 36.0 Å². The highest BCUT2D eigenvalue weighted by molar-refractivity contribution is 6.01. The van der Waals surface area contributed by atoms with Crippen molar-refractivity contribution in [1.82, 2.24) is 0 Å². The molecule has 0 saturated heterocycles. The maximum absolute atomic E-state index is 13.4. The van der Waals surface area contributed by atoms with Gasteiger partial charge in [0.2, 0.25) is 0 Å². The van der Waals surface area contributed by atoms with E-state index in [4.69, 9.17) is 4.42 Å². The van der Waals surface area contributed by atoms with Crippen molar-refractivity contribution in [3.63, 3.8) is 0 Å². The highest BCUT2D eigenvalue weighted by atomic mass is 16.4. The van der Waals surface area contributed by atoms with Crippen molar-refractivity contribution in [2.45, 2.75) is 80.6 Å². The Bertz CT molecular complexity index is 1190. The van der Waals surface area contributed by atoms with Gasteiger partial charge in [0.05, 0.1) is 0 Å². The van der Waals surface area contributed by atoms with E-state index in [1.165, 1.54) is 0 Å². The van der Waals surface area contributed by atoms with Crippen LogP contribution in [0.3, 0.4) is 0 Å². The van der Waals surface area contributed by atoms with Crippen molar-refractivity contribution in [2.24, 2.45) is 28.1 Å². The maximum atomic E-state index is 13.4. The standard InChI is InChI=1S/C30H38O4/c1-18(22-12-11-20(3)27(33)34-22)9-8-10-19(2)26-21(31)17-24-29(6)16-14-25(32)28(4,5)23(29)13-15-30(24,26)7/h8-12,23-24H,13-17H2,1-7H3/b10-8+,18-9+,26-19-/t23-,24-,29-,30-/m0/s1. The fourth-order valence-electron chi connectivity index (χ4n) is 7.58. The van der Waals surface area contributed by atoms with Crippen LogP contribution in [0.2, 0.25) is 0 Å². The van der Waals surface area contributed by atoms with Gasteiger partial charge in [0.1, 0.15) is 11.5 Å². The van der Waals surface area contributed by atoms with E-state index < -0.39 is 0 Å². The maximum Gasteiger partial charge on any atom is 0.339 e. The first-order chi connectivity index (χ1) is 15.8. The summed E-state index contributed by atoms with van der Waals surface area (Å²) in [6, 6.07) is 3.58. The Morgan fingerprint density at radius 1 is 1.03 bits per heavy atom. The van der Waals surface area contributed by atoms with E-state index >= 15 is 0 Å². The molecule has 0 aromatic carbocycles. The van der Waals surface area contributed by atoms with Gasteiger partial charge in [-0.1, -0.05) is 45.9 Å². The summed E-state index contributed by atoms with van der Waals surface area (Å²) in [6.07, 6.45) is 9.90. The lowest BCUT2D eigenvalue weighted by Crippen LogP contribution is -2.56. The number of allylic oxidation sites excluding steroid dienone is 6. The van der Waals surface area contributed by atoms with Gasteiger partial charge in [-0.3, -0.25) is 9.59 Å². The smallest absolute Gasteiger partial charge is 0.339 e. The van der Waals surface area contributed by atoms with E-state index in [2.05, 4.69) is 27.7 Å². The van der Waals surface area contributed by atoms with Crippen molar-refractivity contribution in [3.05, 3.63) is 63.3 Å². The highest BCUT2D eigenvalue weighted by Gasteiger charge is 2.64. The third kappa shape index (κ3) is 3.70. The molecule has 3 fully saturated rings. The van der Waals surface area contributed by atoms with Crippen LogP contribution in [0.5, 0.6) is 0 Å². The van der Waals surface area contributed by atoms with Gasteiger partial charge >= 0.3 is 5.63 Å². The molecule has 3 saturated carbocycles. The molecule has 3 aliphatic carbocycles. The minimum absolute atomic E-state index is 0.00525. The topological polar surface area (TPSA) is 64.3 Å². The van der Waals surface area contributed by atoms with Gasteiger partial charge in [0.25, 0.3) is 0 Å². The van der Waals surface area contributed by atoms with Crippen LogP contribution in [0, 0.1) is 35.0 Å². The molecule has 0 N–H and O–H groups in total. The lowest BCUT2D eigenvalue weighted by atomic mass is 9.43. The molecule has 0 unspecified atom stereocenters. The highest BCUT2D eigenvalue weighted by Crippen LogP contribution is 2.68. The summed E-state index contributed by atoms with van der Waals surface area (Å²) in [5, 5.41) is 0. The predicted octanol–water partition coefficient (Wildman–Crippen LogP) is 6.62. The largest absolute Gasteiger partial charge is 0.423 e. The van der Waals surface area contributed by atoms with Crippen LogP contribution in [0.4, 0.5) is 0 Å². The van der Waals surface area contributed by atoms with Crippen LogP contribution >= 0.6 is 0 Å². The molecule has 4 heteroatoms. The predicted molar refractivity (Wildman–Crippen MR) is 135 cm³/mol. The molecule has 0 spiro atoms. The third-order valence-electron chi connectivity index (χ3n) is 9.52. The first-order valence-corrected chi connectivity index (χ1v) is 12.6. The Morgan fingerprint density at radius 2 is 1.74 bits per heavy atom. The Labute approximate surface area is 203 Å². The molecule has 0 bridgehead atoms.